The van der Waals surface area contributed by atoms with Crippen molar-refractivity contribution in [2.24, 2.45) is 0 Å². The van der Waals surface area contributed by atoms with Crippen LogP contribution in [-0.4, -0.2) is 31.6 Å². The van der Waals surface area contributed by atoms with Gasteiger partial charge in [-0.15, -0.1) is 5.10 Å². The number of hydrogen-bond acceptors (Lipinski definition) is 6. The zero-order valence-corrected chi connectivity index (χ0v) is 14.8. The number of carbonyl (C=O) groups is 2. The first-order valence-electron chi connectivity index (χ1n) is 8.09. The zero-order chi connectivity index (χ0) is 18.6. The van der Waals surface area contributed by atoms with Crippen LogP contribution in [0, 0.1) is 0 Å². The summed E-state index contributed by atoms with van der Waals surface area (Å²) in [6, 6.07) is 16.4. The summed E-state index contributed by atoms with van der Waals surface area (Å²) in [5.41, 5.74) is 1.34. The molecule has 2 aromatic carbocycles. The van der Waals surface area contributed by atoms with Gasteiger partial charge in [-0.2, -0.15) is 0 Å². The van der Waals surface area contributed by atoms with E-state index in [-0.39, 0.29) is 24.3 Å². The molecule has 9 heteroatoms. The van der Waals surface area contributed by atoms with Crippen LogP contribution < -0.4 is 10.6 Å². The first-order valence-corrected chi connectivity index (χ1v) is 8.90. The first-order chi connectivity index (χ1) is 13.2. The van der Waals surface area contributed by atoms with E-state index in [1.807, 2.05) is 30.3 Å². The van der Waals surface area contributed by atoms with Crippen molar-refractivity contribution in [3.63, 3.8) is 0 Å². The molecule has 0 aliphatic rings. The lowest BCUT2D eigenvalue weighted by Gasteiger charge is -2.02. The molecule has 0 radical (unpaired) electrons. The number of anilines is 2. The molecule has 0 saturated carbocycles. The monoisotopic (exact) mass is 378 g/mol. The molecule has 4 rings (SSSR count). The molecule has 0 aliphatic heterocycles. The molecule has 2 amide bonds. The van der Waals surface area contributed by atoms with Gasteiger partial charge in [-0.05, 0) is 24.3 Å². The van der Waals surface area contributed by atoms with Gasteiger partial charge in [0.2, 0.25) is 11.9 Å². The van der Waals surface area contributed by atoms with E-state index in [0.29, 0.717) is 10.7 Å². The number of aromatic nitrogens is 4. The van der Waals surface area contributed by atoms with Crippen LogP contribution in [0.1, 0.15) is 10.4 Å². The predicted molar refractivity (Wildman–Crippen MR) is 103 cm³/mol. The smallest absolute Gasteiger partial charge is 0.258 e. The maximum atomic E-state index is 12.2. The topological polar surface area (TPSA) is 102 Å². The van der Waals surface area contributed by atoms with Crippen molar-refractivity contribution in [1.29, 1.82) is 0 Å². The molecule has 2 aromatic heterocycles. The maximum Gasteiger partial charge on any atom is 0.258 e. The van der Waals surface area contributed by atoms with Gasteiger partial charge < -0.3 is 5.32 Å². The minimum absolute atomic E-state index is 0.0376. The van der Waals surface area contributed by atoms with E-state index < -0.39 is 0 Å². The van der Waals surface area contributed by atoms with Crippen LogP contribution in [0.15, 0.2) is 60.9 Å². The van der Waals surface area contributed by atoms with Crippen LogP contribution in [0.25, 0.3) is 10.2 Å². The maximum absolute atomic E-state index is 12.2. The Morgan fingerprint density at radius 3 is 2.59 bits per heavy atom. The highest BCUT2D eigenvalue weighted by Gasteiger charge is 2.12. The second-order valence-electron chi connectivity index (χ2n) is 5.62. The summed E-state index contributed by atoms with van der Waals surface area (Å²) >= 11 is 1.40. The fraction of sp³-hybridized carbons (Fsp3) is 0.0556. The van der Waals surface area contributed by atoms with E-state index in [1.54, 1.807) is 24.3 Å². The summed E-state index contributed by atoms with van der Waals surface area (Å²) in [5.74, 6) is -0.455. The largest absolute Gasteiger partial charge is 0.300 e. The van der Waals surface area contributed by atoms with Crippen LogP contribution in [-0.2, 0) is 11.3 Å². The van der Waals surface area contributed by atoms with E-state index in [0.717, 1.165) is 10.2 Å². The summed E-state index contributed by atoms with van der Waals surface area (Å²) in [6.07, 6.45) is 1.39. The number of benzene rings is 2. The molecular weight excluding hydrogens is 364 g/mol. The molecule has 27 heavy (non-hydrogen) atoms. The quantitative estimate of drug-likeness (QED) is 0.556. The number of carbonyl (C=O) groups excluding carboxylic acids is 2. The molecule has 0 bridgehead atoms. The lowest BCUT2D eigenvalue weighted by Crippen LogP contribution is -2.19. The molecule has 0 fully saturated rings. The van der Waals surface area contributed by atoms with Gasteiger partial charge in [0, 0.05) is 5.56 Å². The Morgan fingerprint density at radius 2 is 1.78 bits per heavy atom. The van der Waals surface area contributed by atoms with Gasteiger partial charge in [-0.25, -0.2) is 14.6 Å². The molecule has 0 atom stereocenters. The SMILES string of the molecule is O=C(Cn1cnc(NC(=O)c2ccccc2)n1)Nc1nc2ccccc2s1. The van der Waals surface area contributed by atoms with Gasteiger partial charge in [0.1, 0.15) is 12.9 Å². The molecule has 4 aromatic rings. The molecule has 0 unspecified atom stereocenters. The van der Waals surface area contributed by atoms with Gasteiger partial charge >= 0.3 is 0 Å². The number of fused-ring (bicyclic) bond motifs is 1. The Kier molecular flexibility index (Phi) is 4.58. The minimum Gasteiger partial charge on any atom is -0.300 e. The third kappa shape index (κ3) is 3.98. The standard InChI is InChI=1S/C18H14N6O2S/c25-15(21-18-20-13-8-4-5-9-14(13)27-18)10-24-11-19-17(23-24)22-16(26)12-6-2-1-3-7-12/h1-9,11H,10H2,(H,20,21,25)(H,22,23,26). The van der Waals surface area contributed by atoms with Gasteiger partial charge in [0.15, 0.2) is 5.13 Å². The van der Waals surface area contributed by atoms with Crippen LogP contribution in [0.4, 0.5) is 11.1 Å². The molecular formula is C18H14N6O2S. The van der Waals surface area contributed by atoms with E-state index in [9.17, 15) is 9.59 Å². The Hall–Kier alpha value is -3.59. The summed E-state index contributed by atoms with van der Waals surface area (Å²) in [4.78, 5) is 32.6. The van der Waals surface area contributed by atoms with Crippen molar-refractivity contribution in [3.05, 3.63) is 66.5 Å². The minimum atomic E-state index is -0.313. The summed E-state index contributed by atoms with van der Waals surface area (Å²) in [7, 11) is 0. The van der Waals surface area contributed by atoms with E-state index in [2.05, 4.69) is 25.7 Å². The molecule has 0 spiro atoms. The second kappa shape index (κ2) is 7.34. The van der Waals surface area contributed by atoms with Crippen molar-refractivity contribution in [3.8, 4) is 0 Å². The van der Waals surface area contributed by atoms with Crippen LogP contribution in [0.2, 0.25) is 0 Å². The van der Waals surface area contributed by atoms with Gasteiger partial charge in [-0.3, -0.25) is 14.9 Å². The van der Waals surface area contributed by atoms with Crippen LogP contribution in [0.3, 0.4) is 0 Å². The summed E-state index contributed by atoms with van der Waals surface area (Å²) < 4.78 is 2.35. The highest BCUT2D eigenvalue weighted by molar-refractivity contribution is 7.22. The first kappa shape index (κ1) is 16.9. The molecule has 8 nitrogen and oxygen atoms in total. The Bertz CT molecular complexity index is 1070. The number of hydrogen-bond donors (Lipinski definition) is 2. The van der Waals surface area contributed by atoms with Crippen molar-refractivity contribution < 1.29 is 9.59 Å². The lowest BCUT2D eigenvalue weighted by molar-refractivity contribution is -0.116. The third-order valence-electron chi connectivity index (χ3n) is 3.64. The molecule has 0 saturated heterocycles. The lowest BCUT2D eigenvalue weighted by atomic mass is 10.2. The van der Waals surface area contributed by atoms with Crippen LogP contribution >= 0.6 is 11.3 Å². The number of amides is 2. The zero-order valence-electron chi connectivity index (χ0n) is 14.0. The van der Waals surface area contributed by atoms with Gasteiger partial charge in [0.25, 0.3) is 5.91 Å². The average Bonchev–Trinajstić information content (AvgIpc) is 3.28. The Balaban J connectivity index is 1.37. The van der Waals surface area contributed by atoms with Crippen molar-refractivity contribution in [1.82, 2.24) is 19.7 Å². The molecule has 2 heterocycles. The normalized spacial score (nSPS) is 10.7. The summed E-state index contributed by atoms with van der Waals surface area (Å²) in [5, 5.41) is 9.97. The van der Waals surface area contributed by atoms with Crippen LogP contribution in [0.5, 0.6) is 0 Å². The highest BCUT2D eigenvalue weighted by Crippen LogP contribution is 2.25. The van der Waals surface area contributed by atoms with Crippen molar-refractivity contribution in [2.45, 2.75) is 6.54 Å². The third-order valence-corrected chi connectivity index (χ3v) is 4.60. The molecule has 2 N–H and O–H groups in total. The predicted octanol–water partition coefficient (Wildman–Crippen LogP) is 2.78. The number of para-hydroxylation sites is 1. The summed E-state index contributed by atoms with van der Waals surface area (Å²) in [6.45, 7) is -0.0376. The second-order valence-corrected chi connectivity index (χ2v) is 6.65. The van der Waals surface area contributed by atoms with Crippen molar-refractivity contribution >= 4 is 44.4 Å². The number of rotatable bonds is 5. The van der Waals surface area contributed by atoms with Gasteiger partial charge in [0.05, 0.1) is 10.2 Å². The fourth-order valence-corrected chi connectivity index (χ4v) is 3.30. The van der Waals surface area contributed by atoms with E-state index >= 15 is 0 Å². The van der Waals surface area contributed by atoms with Crippen molar-refractivity contribution in [2.75, 3.05) is 10.6 Å². The fourth-order valence-electron chi connectivity index (χ4n) is 2.42. The van der Waals surface area contributed by atoms with Gasteiger partial charge in [-0.1, -0.05) is 41.7 Å². The number of thiazole rings is 1. The van der Waals surface area contributed by atoms with E-state index in [4.69, 9.17) is 0 Å². The number of nitrogens with zero attached hydrogens (tertiary/aromatic N) is 4. The molecule has 0 aliphatic carbocycles. The Morgan fingerprint density at radius 1 is 1.00 bits per heavy atom. The average molecular weight is 378 g/mol. The Labute approximate surface area is 157 Å². The highest BCUT2D eigenvalue weighted by atomic mass is 32.1. The number of nitrogens with one attached hydrogen (secondary N) is 2. The molecule has 134 valence electrons. The van der Waals surface area contributed by atoms with E-state index in [1.165, 1.54) is 22.3 Å².